The Morgan fingerprint density at radius 1 is 1.03 bits per heavy atom. The van der Waals surface area contributed by atoms with Crippen LogP contribution in [0.5, 0.6) is 5.75 Å². The molecule has 0 spiro atoms. The minimum atomic E-state index is -0.577. The maximum absolute atomic E-state index is 12.6. The van der Waals surface area contributed by atoms with E-state index in [1.165, 1.54) is 12.7 Å². The van der Waals surface area contributed by atoms with Crippen LogP contribution in [0, 0.1) is 0 Å². The van der Waals surface area contributed by atoms with Gasteiger partial charge in [-0.3, -0.25) is 4.79 Å². The Morgan fingerprint density at radius 3 is 2.55 bits per heavy atom. The molecule has 1 atom stereocenters. The average Bonchev–Trinajstić information content (AvgIpc) is 2.76. The van der Waals surface area contributed by atoms with Crippen LogP contribution in [-0.4, -0.2) is 25.6 Å². The largest absolute Gasteiger partial charge is 0.496 e. The molecule has 0 aliphatic heterocycles. The van der Waals surface area contributed by atoms with Crippen LogP contribution in [0.1, 0.15) is 40.4 Å². The van der Waals surface area contributed by atoms with Crippen molar-refractivity contribution in [3.05, 3.63) is 77.4 Å². The minimum Gasteiger partial charge on any atom is -0.496 e. The van der Waals surface area contributed by atoms with Gasteiger partial charge in [-0.25, -0.2) is 4.79 Å². The maximum atomic E-state index is 12.6. The van der Waals surface area contributed by atoms with E-state index in [1.54, 1.807) is 12.1 Å². The Hall–Kier alpha value is -3.34. The van der Waals surface area contributed by atoms with Crippen LogP contribution in [0.2, 0.25) is 0 Å². The zero-order chi connectivity index (χ0) is 20.2. The number of carbonyl (C=O) groups excluding carboxylic acids is 2. The van der Waals surface area contributed by atoms with E-state index >= 15 is 0 Å². The fourth-order valence-electron chi connectivity index (χ4n) is 3.90. The highest BCUT2D eigenvalue weighted by Crippen LogP contribution is 2.29. The molecule has 0 aromatic heterocycles. The molecule has 5 heteroatoms. The summed E-state index contributed by atoms with van der Waals surface area (Å²) in [6, 6.07) is 19.3. The van der Waals surface area contributed by atoms with Gasteiger partial charge >= 0.3 is 5.97 Å². The smallest absolute Gasteiger partial charge is 0.342 e. The first-order valence-corrected chi connectivity index (χ1v) is 9.77. The number of nitrogens with one attached hydrogen (secondary N) is 1. The third-order valence-corrected chi connectivity index (χ3v) is 5.33. The number of hydrogen-bond acceptors (Lipinski definition) is 4. The third kappa shape index (κ3) is 4.09. The van der Waals surface area contributed by atoms with Crippen molar-refractivity contribution in [2.75, 3.05) is 13.7 Å². The number of rotatable bonds is 5. The van der Waals surface area contributed by atoms with Gasteiger partial charge < -0.3 is 14.8 Å². The molecular formula is C24H23NO4. The topological polar surface area (TPSA) is 64.6 Å². The van der Waals surface area contributed by atoms with Crippen LogP contribution in [0.15, 0.2) is 60.7 Å². The number of ether oxygens (including phenoxy) is 2. The molecule has 4 rings (SSSR count). The molecule has 1 amide bonds. The van der Waals surface area contributed by atoms with Gasteiger partial charge in [0.2, 0.25) is 0 Å². The lowest BCUT2D eigenvalue weighted by Gasteiger charge is -2.26. The van der Waals surface area contributed by atoms with Gasteiger partial charge in [-0.2, -0.15) is 0 Å². The van der Waals surface area contributed by atoms with E-state index in [1.807, 2.05) is 42.5 Å². The quantitative estimate of drug-likeness (QED) is 0.665. The Kier molecular flexibility index (Phi) is 5.47. The van der Waals surface area contributed by atoms with Crippen molar-refractivity contribution >= 4 is 22.6 Å². The predicted molar refractivity (Wildman–Crippen MR) is 111 cm³/mol. The summed E-state index contributed by atoms with van der Waals surface area (Å²) in [6.45, 7) is -0.326. The van der Waals surface area contributed by atoms with Crippen molar-refractivity contribution in [2.24, 2.45) is 0 Å². The van der Waals surface area contributed by atoms with Gasteiger partial charge in [0.15, 0.2) is 6.61 Å². The molecule has 0 saturated heterocycles. The Balaban J connectivity index is 1.42. The number of fused-ring (bicyclic) bond motifs is 2. The predicted octanol–water partition coefficient (Wildman–Crippen LogP) is 4.20. The Morgan fingerprint density at radius 2 is 1.76 bits per heavy atom. The minimum absolute atomic E-state index is 0.0404. The third-order valence-electron chi connectivity index (χ3n) is 5.33. The standard InChI is InChI=1S/C24H23NO4/c1-28-22-14-18-9-3-2-8-17(18)13-20(22)24(27)29-15-23(26)25-21-12-6-10-16-7-4-5-11-19(16)21/h2-5,7-9,11,13-14,21H,6,10,12,15H2,1H3,(H,25,26). The van der Waals surface area contributed by atoms with Crippen LogP contribution in [0.25, 0.3) is 10.8 Å². The van der Waals surface area contributed by atoms with Crippen molar-refractivity contribution in [3.8, 4) is 5.75 Å². The van der Waals surface area contributed by atoms with Crippen LogP contribution < -0.4 is 10.1 Å². The molecule has 148 valence electrons. The molecule has 0 radical (unpaired) electrons. The van der Waals surface area contributed by atoms with Crippen LogP contribution in [0.4, 0.5) is 0 Å². The molecule has 0 heterocycles. The molecule has 1 aliphatic rings. The van der Waals surface area contributed by atoms with Gasteiger partial charge in [-0.15, -0.1) is 0 Å². The van der Waals surface area contributed by atoms with E-state index in [-0.39, 0.29) is 18.6 Å². The number of amides is 1. The van der Waals surface area contributed by atoms with E-state index in [0.29, 0.717) is 11.3 Å². The van der Waals surface area contributed by atoms with Gasteiger partial charge in [0.05, 0.1) is 13.2 Å². The molecule has 29 heavy (non-hydrogen) atoms. The molecule has 0 bridgehead atoms. The zero-order valence-corrected chi connectivity index (χ0v) is 16.3. The molecule has 1 N–H and O–H groups in total. The van der Waals surface area contributed by atoms with E-state index in [2.05, 4.69) is 11.4 Å². The average molecular weight is 389 g/mol. The van der Waals surface area contributed by atoms with Gasteiger partial charge in [-0.1, -0.05) is 48.5 Å². The fourth-order valence-corrected chi connectivity index (χ4v) is 3.90. The van der Waals surface area contributed by atoms with Crippen LogP contribution in [-0.2, 0) is 16.0 Å². The molecule has 3 aromatic carbocycles. The molecule has 0 fully saturated rings. The SMILES string of the molecule is COc1cc2ccccc2cc1C(=O)OCC(=O)NC1CCCc2ccccc21. The number of carbonyl (C=O) groups is 2. The molecule has 5 nitrogen and oxygen atoms in total. The number of methoxy groups -OCH3 is 1. The summed E-state index contributed by atoms with van der Waals surface area (Å²) in [5.74, 6) is -0.457. The highest BCUT2D eigenvalue weighted by Gasteiger charge is 2.22. The fraction of sp³-hybridized carbons (Fsp3) is 0.250. The first-order valence-electron chi connectivity index (χ1n) is 9.77. The van der Waals surface area contributed by atoms with E-state index < -0.39 is 5.97 Å². The van der Waals surface area contributed by atoms with E-state index in [4.69, 9.17) is 9.47 Å². The second-order valence-electron chi connectivity index (χ2n) is 7.19. The van der Waals surface area contributed by atoms with Crippen LogP contribution >= 0.6 is 0 Å². The Labute approximate surface area is 169 Å². The second-order valence-corrected chi connectivity index (χ2v) is 7.19. The first-order chi connectivity index (χ1) is 14.2. The van der Waals surface area contributed by atoms with E-state index in [9.17, 15) is 9.59 Å². The van der Waals surface area contributed by atoms with Crippen molar-refractivity contribution in [3.63, 3.8) is 0 Å². The second kappa shape index (κ2) is 8.35. The summed E-state index contributed by atoms with van der Waals surface area (Å²) in [7, 11) is 1.51. The molecular weight excluding hydrogens is 366 g/mol. The molecule has 1 aliphatic carbocycles. The van der Waals surface area contributed by atoms with Crippen molar-refractivity contribution < 1.29 is 19.1 Å². The van der Waals surface area contributed by atoms with Crippen molar-refractivity contribution in [1.82, 2.24) is 5.32 Å². The summed E-state index contributed by atoms with van der Waals surface area (Å²) in [5, 5.41) is 4.87. The summed E-state index contributed by atoms with van der Waals surface area (Å²) in [6.07, 6.45) is 2.94. The summed E-state index contributed by atoms with van der Waals surface area (Å²) < 4.78 is 10.6. The molecule has 0 saturated carbocycles. The highest BCUT2D eigenvalue weighted by atomic mass is 16.5. The highest BCUT2D eigenvalue weighted by molar-refractivity contribution is 5.99. The number of benzene rings is 3. The van der Waals surface area contributed by atoms with E-state index in [0.717, 1.165) is 35.6 Å². The van der Waals surface area contributed by atoms with Crippen LogP contribution in [0.3, 0.4) is 0 Å². The van der Waals surface area contributed by atoms with Crippen molar-refractivity contribution in [1.29, 1.82) is 0 Å². The lowest BCUT2D eigenvalue weighted by Crippen LogP contribution is -2.34. The van der Waals surface area contributed by atoms with Gasteiger partial charge in [-0.05, 0) is 53.3 Å². The monoisotopic (exact) mass is 389 g/mol. The number of hydrogen-bond donors (Lipinski definition) is 1. The number of aryl methyl sites for hydroxylation is 1. The first kappa shape index (κ1) is 19.0. The molecule has 1 unspecified atom stereocenters. The lowest BCUT2D eigenvalue weighted by molar-refractivity contribution is -0.125. The summed E-state index contributed by atoms with van der Waals surface area (Å²) >= 11 is 0. The van der Waals surface area contributed by atoms with Crippen molar-refractivity contribution in [2.45, 2.75) is 25.3 Å². The normalized spacial score (nSPS) is 15.4. The zero-order valence-electron chi connectivity index (χ0n) is 16.3. The summed E-state index contributed by atoms with van der Waals surface area (Å²) in [5.41, 5.74) is 2.72. The maximum Gasteiger partial charge on any atom is 0.342 e. The van der Waals surface area contributed by atoms with Gasteiger partial charge in [0, 0.05) is 0 Å². The molecule has 3 aromatic rings. The Bertz CT molecular complexity index is 1060. The lowest BCUT2D eigenvalue weighted by atomic mass is 9.88. The van der Waals surface area contributed by atoms with Gasteiger partial charge in [0.25, 0.3) is 5.91 Å². The number of esters is 1. The van der Waals surface area contributed by atoms with Gasteiger partial charge in [0.1, 0.15) is 11.3 Å². The summed E-state index contributed by atoms with van der Waals surface area (Å²) in [4.78, 5) is 25.0.